The monoisotopic (exact) mass is 284 g/mol. The van der Waals surface area contributed by atoms with Crippen LogP contribution in [0, 0.1) is 0 Å². The van der Waals surface area contributed by atoms with Crippen LogP contribution in [0.4, 0.5) is 0 Å². The fraction of sp³-hybridized carbons (Fsp3) is 0.857. The lowest BCUT2D eigenvalue weighted by Crippen LogP contribution is -2.44. The van der Waals surface area contributed by atoms with Gasteiger partial charge in [0.05, 0.1) is 0 Å². The van der Waals surface area contributed by atoms with Crippen LogP contribution in [0.25, 0.3) is 0 Å². The van der Waals surface area contributed by atoms with Crippen LogP contribution in [0.2, 0.25) is 0 Å². The summed E-state index contributed by atoms with van der Waals surface area (Å²) in [6.45, 7) is 5.62. The first kappa shape index (κ1) is 16.9. The van der Waals surface area contributed by atoms with Gasteiger partial charge in [-0.2, -0.15) is 0 Å². The molecule has 116 valence electrons. The second kappa shape index (κ2) is 8.92. The van der Waals surface area contributed by atoms with Gasteiger partial charge in [-0.3, -0.25) is 9.59 Å². The van der Waals surface area contributed by atoms with Crippen LogP contribution in [0.5, 0.6) is 0 Å². The average molecular weight is 284 g/mol. The summed E-state index contributed by atoms with van der Waals surface area (Å²) in [7, 11) is 1.83. The average Bonchev–Trinajstić information content (AvgIpc) is 2.43. The lowest BCUT2D eigenvalue weighted by atomic mass is 10.0. The first-order chi connectivity index (χ1) is 9.52. The van der Waals surface area contributed by atoms with Crippen molar-refractivity contribution in [2.75, 3.05) is 39.8 Å². The molecule has 1 fully saturated rings. The normalized spacial score (nSPS) is 16.9. The molecule has 0 spiro atoms. The topological polar surface area (TPSA) is 78.7 Å². The Morgan fingerprint density at radius 1 is 1.35 bits per heavy atom. The number of carbonyl (C=O) groups is 2. The maximum absolute atomic E-state index is 11.9. The molecule has 20 heavy (non-hydrogen) atoms. The van der Waals surface area contributed by atoms with E-state index < -0.39 is 0 Å². The number of nitrogens with one attached hydrogen (secondary N) is 1. The Morgan fingerprint density at radius 3 is 2.55 bits per heavy atom. The van der Waals surface area contributed by atoms with Gasteiger partial charge in [0.2, 0.25) is 11.8 Å². The molecule has 3 N–H and O–H groups in total. The van der Waals surface area contributed by atoms with Gasteiger partial charge < -0.3 is 20.9 Å². The summed E-state index contributed by atoms with van der Waals surface area (Å²) in [5, 5.41) is 2.96. The van der Waals surface area contributed by atoms with Crippen molar-refractivity contribution in [3.63, 3.8) is 0 Å². The van der Waals surface area contributed by atoms with Crippen molar-refractivity contribution in [3.05, 3.63) is 0 Å². The van der Waals surface area contributed by atoms with Crippen molar-refractivity contribution in [2.24, 2.45) is 5.73 Å². The molecule has 0 aromatic heterocycles. The number of amides is 2. The van der Waals surface area contributed by atoms with Gasteiger partial charge in [0.15, 0.2) is 0 Å². The van der Waals surface area contributed by atoms with Crippen molar-refractivity contribution in [1.29, 1.82) is 0 Å². The minimum atomic E-state index is 0.0418. The highest BCUT2D eigenvalue weighted by molar-refractivity contribution is 5.76. The number of nitrogens with two attached hydrogens (primary N) is 1. The molecule has 1 aliphatic rings. The van der Waals surface area contributed by atoms with Crippen LogP contribution in [0.1, 0.15) is 32.6 Å². The van der Waals surface area contributed by atoms with E-state index in [1.165, 1.54) is 0 Å². The molecule has 0 saturated carbocycles. The molecular weight excluding hydrogens is 256 g/mol. The highest BCUT2D eigenvalue weighted by Crippen LogP contribution is 2.10. The highest BCUT2D eigenvalue weighted by atomic mass is 16.2. The summed E-state index contributed by atoms with van der Waals surface area (Å²) < 4.78 is 0. The van der Waals surface area contributed by atoms with Crippen LogP contribution in [-0.4, -0.2) is 67.4 Å². The third-order valence-corrected chi connectivity index (χ3v) is 3.76. The maximum Gasteiger partial charge on any atom is 0.223 e. The van der Waals surface area contributed by atoms with Crippen LogP contribution in [0.3, 0.4) is 0 Å². The van der Waals surface area contributed by atoms with Crippen molar-refractivity contribution >= 4 is 11.8 Å². The Hall–Kier alpha value is -1.14. The van der Waals surface area contributed by atoms with E-state index in [2.05, 4.69) is 10.2 Å². The summed E-state index contributed by atoms with van der Waals surface area (Å²) in [5.74, 6) is 0.225. The Labute approximate surface area is 121 Å². The maximum atomic E-state index is 11.9. The molecule has 1 saturated heterocycles. The largest absolute Gasteiger partial charge is 0.354 e. The molecule has 6 heteroatoms. The molecule has 0 unspecified atom stereocenters. The van der Waals surface area contributed by atoms with E-state index in [0.29, 0.717) is 19.0 Å². The van der Waals surface area contributed by atoms with Crippen LogP contribution in [-0.2, 0) is 9.59 Å². The summed E-state index contributed by atoms with van der Waals surface area (Å²) in [4.78, 5) is 26.9. The molecule has 1 aliphatic heterocycles. The number of nitrogens with zero attached hydrogens (tertiary/aromatic N) is 2. The van der Waals surface area contributed by atoms with E-state index in [-0.39, 0.29) is 11.8 Å². The van der Waals surface area contributed by atoms with Gasteiger partial charge in [-0.15, -0.1) is 0 Å². The summed E-state index contributed by atoms with van der Waals surface area (Å²) in [6.07, 6.45) is 3.35. The van der Waals surface area contributed by atoms with Crippen LogP contribution >= 0.6 is 0 Å². The van der Waals surface area contributed by atoms with Crippen LogP contribution < -0.4 is 11.1 Å². The fourth-order valence-corrected chi connectivity index (χ4v) is 2.49. The third-order valence-electron chi connectivity index (χ3n) is 3.76. The van der Waals surface area contributed by atoms with Gasteiger partial charge in [0.25, 0.3) is 0 Å². The van der Waals surface area contributed by atoms with Crippen LogP contribution in [0.15, 0.2) is 0 Å². The van der Waals surface area contributed by atoms with E-state index in [9.17, 15) is 9.59 Å². The van der Waals surface area contributed by atoms with Gasteiger partial charge in [0.1, 0.15) is 0 Å². The van der Waals surface area contributed by atoms with E-state index in [1.807, 2.05) is 7.05 Å². The smallest absolute Gasteiger partial charge is 0.223 e. The molecular formula is C14H28N4O2. The standard InChI is InChI=1S/C14H28N4O2/c1-12(19)16-13-4-9-18(10-5-13)11-6-14(20)17(2)8-3-7-15/h13H,3-11,15H2,1-2H3,(H,16,19). The summed E-state index contributed by atoms with van der Waals surface area (Å²) in [6, 6.07) is 0.298. The van der Waals surface area contributed by atoms with Gasteiger partial charge in [-0.25, -0.2) is 0 Å². The summed E-state index contributed by atoms with van der Waals surface area (Å²) >= 11 is 0. The second-order valence-electron chi connectivity index (χ2n) is 5.52. The molecule has 0 aromatic rings. The Morgan fingerprint density at radius 2 is 2.00 bits per heavy atom. The third kappa shape index (κ3) is 6.34. The van der Waals surface area contributed by atoms with E-state index >= 15 is 0 Å². The van der Waals surface area contributed by atoms with Crippen molar-refractivity contribution < 1.29 is 9.59 Å². The van der Waals surface area contributed by atoms with Gasteiger partial charge >= 0.3 is 0 Å². The second-order valence-corrected chi connectivity index (χ2v) is 5.52. The molecule has 1 heterocycles. The first-order valence-corrected chi connectivity index (χ1v) is 7.46. The number of hydrogen-bond donors (Lipinski definition) is 2. The fourth-order valence-electron chi connectivity index (χ4n) is 2.49. The first-order valence-electron chi connectivity index (χ1n) is 7.46. The number of piperidine rings is 1. The Balaban J connectivity index is 2.17. The quantitative estimate of drug-likeness (QED) is 0.678. The van der Waals surface area contributed by atoms with Gasteiger partial charge in [0, 0.05) is 52.6 Å². The minimum Gasteiger partial charge on any atom is -0.354 e. The molecule has 0 atom stereocenters. The zero-order chi connectivity index (χ0) is 15.0. The lowest BCUT2D eigenvalue weighted by molar-refractivity contribution is -0.130. The van der Waals surface area contributed by atoms with Crippen molar-refractivity contribution in [3.8, 4) is 0 Å². The van der Waals surface area contributed by atoms with E-state index in [4.69, 9.17) is 5.73 Å². The number of likely N-dealkylation sites (tertiary alicyclic amines) is 1. The highest BCUT2D eigenvalue weighted by Gasteiger charge is 2.20. The number of rotatable bonds is 7. The summed E-state index contributed by atoms with van der Waals surface area (Å²) in [5.41, 5.74) is 5.44. The molecule has 0 bridgehead atoms. The van der Waals surface area contributed by atoms with Crippen molar-refractivity contribution in [2.45, 2.75) is 38.6 Å². The van der Waals surface area contributed by atoms with Crippen molar-refractivity contribution in [1.82, 2.24) is 15.1 Å². The molecule has 0 aromatic carbocycles. The predicted octanol–water partition coefficient (Wildman–Crippen LogP) is -0.216. The molecule has 1 rings (SSSR count). The zero-order valence-electron chi connectivity index (χ0n) is 12.7. The molecule has 0 radical (unpaired) electrons. The minimum absolute atomic E-state index is 0.0418. The molecule has 2 amide bonds. The van der Waals surface area contributed by atoms with Gasteiger partial charge in [-0.05, 0) is 25.8 Å². The van der Waals surface area contributed by atoms with E-state index in [1.54, 1.807) is 11.8 Å². The lowest BCUT2D eigenvalue weighted by Gasteiger charge is -2.32. The van der Waals surface area contributed by atoms with E-state index in [0.717, 1.165) is 45.4 Å². The molecule has 6 nitrogen and oxygen atoms in total. The van der Waals surface area contributed by atoms with Gasteiger partial charge in [-0.1, -0.05) is 0 Å². The zero-order valence-corrected chi connectivity index (χ0v) is 12.7. The predicted molar refractivity (Wildman–Crippen MR) is 79.2 cm³/mol. The Bertz CT molecular complexity index is 314. The molecule has 0 aliphatic carbocycles. The SMILES string of the molecule is CC(=O)NC1CCN(CCC(=O)N(C)CCCN)CC1. The number of hydrogen-bond acceptors (Lipinski definition) is 4. The number of carbonyl (C=O) groups excluding carboxylic acids is 2. The Kier molecular flexibility index (Phi) is 7.54.